The molecule has 2 fully saturated rings. The van der Waals surface area contributed by atoms with Gasteiger partial charge in [0.2, 0.25) is 0 Å². The van der Waals surface area contributed by atoms with Crippen LogP contribution >= 0.6 is 0 Å². The predicted octanol–water partition coefficient (Wildman–Crippen LogP) is 2.79. The maximum atomic E-state index is 11.8. The summed E-state index contributed by atoms with van der Waals surface area (Å²) in [5.41, 5.74) is 3.21. The molecule has 0 saturated carbocycles. The predicted molar refractivity (Wildman–Crippen MR) is 105 cm³/mol. The van der Waals surface area contributed by atoms with E-state index < -0.39 is 0 Å². The van der Waals surface area contributed by atoms with Crippen molar-refractivity contribution in [2.24, 2.45) is 0 Å². The molecule has 4 rings (SSSR count). The molecule has 27 heavy (non-hydrogen) atoms. The van der Waals surface area contributed by atoms with E-state index in [1.54, 1.807) is 11.1 Å². The number of aromatic nitrogens is 1. The van der Waals surface area contributed by atoms with Crippen molar-refractivity contribution in [3.8, 4) is 0 Å². The summed E-state index contributed by atoms with van der Waals surface area (Å²) < 4.78 is 6.08. The summed E-state index contributed by atoms with van der Waals surface area (Å²) in [7, 11) is 0. The third-order valence-corrected chi connectivity index (χ3v) is 5.17. The minimum absolute atomic E-state index is 0.00771. The van der Waals surface area contributed by atoms with Gasteiger partial charge in [-0.2, -0.15) is 0 Å². The molecule has 3 heterocycles. The van der Waals surface area contributed by atoms with Crippen molar-refractivity contribution in [3.63, 3.8) is 0 Å². The van der Waals surface area contributed by atoms with E-state index in [1.807, 2.05) is 30.3 Å². The van der Waals surface area contributed by atoms with Crippen LogP contribution in [0.2, 0.25) is 0 Å². The first-order chi connectivity index (χ1) is 13.3. The molecule has 6 nitrogen and oxygen atoms in total. The van der Waals surface area contributed by atoms with E-state index in [1.165, 1.54) is 5.56 Å². The van der Waals surface area contributed by atoms with Crippen LogP contribution < -0.4 is 10.2 Å². The number of nitrogens with zero attached hydrogens (tertiary/aromatic N) is 3. The Bertz CT molecular complexity index is 751. The van der Waals surface area contributed by atoms with Crippen LogP contribution in [0.25, 0.3) is 0 Å². The zero-order valence-electron chi connectivity index (χ0n) is 15.5. The Balaban J connectivity index is 1.29. The monoisotopic (exact) mass is 366 g/mol. The van der Waals surface area contributed by atoms with Crippen LogP contribution in [0.5, 0.6) is 0 Å². The van der Waals surface area contributed by atoms with Gasteiger partial charge in [-0.1, -0.05) is 18.2 Å². The topological polar surface area (TPSA) is 57.7 Å². The Hall–Kier alpha value is -2.44. The van der Waals surface area contributed by atoms with E-state index in [2.05, 4.69) is 27.3 Å². The minimum Gasteiger partial charge on any atom is -0.371 e. The van der Waals surface area contributed by atoms with Crippen molar-refractivity contribution in [1.82, 2.24) is 15.2 Å². The highest BCUT2D eigenvalue weighted by atomic mass is 16.5. The third kappa shape index (κ3) is 4.64. The van der Waals surface area contributed by atoms with Gasteiger partial charge in [-0.3, -0.25) is 14.8 Å². The van der Waals surface area contributed by atoms with Crippen molar-refractivity contribution < 1.29 is 9.53 Å². The highest BCUT2D eigenvalue weighted by molar-refractivity contribution is 5.93. The van der Waals surface area contributed by atoms with E-state index in [0.29, 0.717) is 13.2 Å². The van der Waals surface area contributed by atoms with Crippen LogP contribution in [0.1, 0.15) is 24.1 Å². The molecule has 1 aromatic heterocycles. The van der Waals surface area contributed by atoms with Crippen molar-refractivity contribution in [1.29, 1.82) is 0 Å². The third-order valence-electron chi connectivity index (χ3n) is 5.17. The number of anilines is 1. The molecule has 0 bridgehead atoms. The number of benzene rings is 1. The number of hydrogen-bond donors (Lipinski definition) is 1. The summed E-state index contributed by atoms with van der Waals surface area (Å²) in [6, 6.07) is 14.2. The number of rotatable bonds is 6. The summed E-state index contributed by atoms with van der Waals surface area (Å²) in [6.45, 7) is 4.98. The van der Waals surface area contributed by atoms with Gasteiger partial charge in [0.1, 0.15) is 0 Å². The summed E-state index contributed by atoms with van der Waals surface area (Å²) in [5.74, 6) is 0. The number of ether oxygens (including phenoxy) is 1. The second kappa shape index (κ2) is 8.50. The van der Waals surface area contributed by atoms with Crippen molar-refractivity contribution >= 4 is 11.7 Å². The second-order valence-corrected chi connectivity index (χ2v) is 7.18. The molecule has 2 amide bonds. The first-order valence-corrected chi connectivity index (χ1v) is 9.66. The fourth-order valence-corrected chi connectivity index (χ4v) is 3.74. The van der Waals surface area contributed by atoms with Gasteiger partial charge in [-0.15, -0.1) is 0 Å². The summed E-state index contributed by atoms with van der Waals surface area (Å²) in [4.78, 5) is 20.3. The Kier molecular flexibility index (Phi) is 5.65. The summed E-state index contributed by atoms with van der Waals surface area (Å²) >= 11 is 0. The van der Waals surface area contributed by atoms with Gasteiger partial charge in [0.15, 0.2) is 0 Å². The van der Waals surface area contributed by atoms with Gasteiger partial charge in [0.25, 0.3) is 0 Å². The number of piperidine rings is 1. The van der Waals surface area contributed by atoms with Gasteiger partial charge in [0, 0.05) is 38.1 Å². The lowest BCUT2D eigenvalue weighted by molar-refractivity contribution is -0.0132. The van der Waals surface area contributed by atoms with E-state index in [4.69, 9.17) is 4.74 Å². The number of pyridine rings is 1. The SMILES string of the molecule is O=C1NCCN1c1ccc(CN2CCC[C@@H](OCc3ccccn3)C2)cc1. The molecule has 1 aromatic carbocycles. The largest absolute Gasteiger partial charge is 0.371 e. The minimum atomic E-state index is -0.00771. The number of amides is 2. The maximum absolute atomic E-state index is 11.8. The highest BCUT2D eigenvalue weighted by Crippen LogP contribution is 2.20. The molecule has 0 aliphatic carbocycles. The van der Waals surface area contributed by atoms with E-state index in [9.17, 15) is 4.79 Å². The molecule has 2 aromatic rings. The van der Waals surface area contributed by atoms with Crippen LogP contribution in [-0.4, -0.2) is 48.2 Å². The van der Waals surface area contributed by atoms with Gasteiger partial charge in [-0.25, -0.2) is 4.79 Å². The van der Waals surface area contributed by atoms with Gasteiger partial charge in [0.05, 0.1) is 18.4 Å². The molecule has 1 atom stereocenters. The fraction of sp³-hybridized carbons (Fsp3) is 0.429. The Morgan fingerprint density at radius 3 is 2.78 bits per heavy atom. The molecule has 1 N–H and O–H groups in total. The fourth-order valence-electron chi connectivity index (χ4n) is 3.74. The van der Waals surface area contributed by atoms with Crippen molar-refractivity contribution in [3.05, 3.63) is 59.9 Å². The molecule has 0 unspecified atom stereocenters. The number of likely N-dealkylation sites (tertiary alicyclic amines) is 1. The zero-order valence-corrected chi connectivity index (χ0v) is 15.5. The van der Waals surface area contributed by atoms with Crippen LogP contribution in [0.3, 0.4) is 0 Å². The molecule has 2 aliphatic heterocycles. The smallest absolute Gasteiger partial charge is 0.321 e. The number of hydrogen-bond acceptors (Lipinski definition) is 4. The van der Waals surface area contributed by atoms with Crippen molar-refractivity contribution in [2.45, 2.75) is 32.1 Å². The van der Waals surface area contributed by atoms with Crippen LogP contribution in [0.15, 0.2) is 48.7 Å². The first kappa shape index (κ1) is 17.9. The average molecular weight is 366 g/mol. The van der Waals surface area contributed by atoms with Gasteiger partial charge < -0.3 is 10.1 Å². The summed E-state index contributed by atoms with van der Waals surface area (Å²) in [6.07, 6.45) is 4.32. The number of nitrogens with one attached hydrogen (secondary N) is 1. The van der Waals surface area contributed by atoms with Gasteiger partial charge >= 0.3 is 6.03 Å². The number of carbonyl (C=O) groups is 1. The quantitative estimate of drug-likeness (QED) is 0.854. The van der Waals surface area contributed by atoms with Crippen LogP contribution in [-0.2, 0) is 17.9 Å². The average Bonchev–Trinajstić information content (AvgIpc) is 3.14. The molecule has 2 saturated heterocycles. The maximum Gasteiger partial charge on any atom is 0.321 e. The summed E-state index contributed by atoms with van der Waals surface area (Å²) in [5, 5.41) is 2.84. The normalized spacial score (nSPS) is 20.7. The molecule has 2 aliphatic rings. The second-order valence-electron chi connectivity index (χ2n) is 7.18. The molecular formula is C21H26N4O2. The molecule has 0 radical (unpaired) electrons. The van der Waals surface area contributed by atoms with E-state index in [0.717, 1.165) is 50.4 Å². The lowest BCUT2D eigenvalue weighted by Crippen LogP contribution is -2.39. The molecular weight excluding hydrogens is 340 g/mol. The lowest BCUT2D eigenvalue weighted by Gasteiger charge is -2.32. The number of carbonyl (C=O) groups excluding carboxylic acids is 1. The Morgan fingerprint density at radius 2 is 2.04 bits per heavy atom. The standard InChI is InChI=1S/C21H26N4O2/c26-21-23-11-13-25(21)19-8-6-17(7-9-19)14-24-12-3-5-20(15-24)27-16-18-4-1-2-10-22-18/h1-2,4,6-10,20H,3,5,11-16H2,(H,23,26)/t20-/m1/s1. The van der Waals surface area contributed by atoms with Crippen LogP contribution in [0, 0.1) is 0 Å². The highest BCUT2D eigenvalue weighted by Gasteiger charge is 2.22. The Labute approximate surface area is 160 Å². The van der Waals surface area contributed by atoms with Gasteiger partial charge in [-0.05, 0) is 49.2 Å². The molecule has 142 valence electrons. The molecule has 6 heteroatoms. The Morgan fingerprint density at radius 1 is 1.15 bits per heavy atom. The zero-order chi connectivity index (χ0) is 18.5. The number of urea groups is 1. The van der Waals surface area contributed by atoms with E-state index in [-0.39, 0.29) is 12.1 Å². The van der Waals surface area contributed by atoms with Crippen molar-refractivity contribution in [2.75, 3.05) is 31.1 Å². The first-order valence-electron chi connectivity index (χ1n) is 9.66. The lowest BCUT2D eigenvalue weighted by atomic mass is 10.1. The van der Waals surface area contributed by atoms with Crippen LogP contribution in [0.4, 0.5) is 10.5 Å². The molecule has 0 spiro atoms. The van der Waals surface area contributed by atoms with E-state index >= 15 is 0 Å².